The second-order valence-electron chi connectivity index (χ2n) is 6.78. The third-order valence-corrected chi connectivity index (χ3v) is 5.46. The minimum absolute atomic E-state index is 0.278. The Morgan fingerprint density at radius 1 is 0.906 bits per heavy atom. The number of carbonyl (C=O) groups excluding carboxylic acids is 2. The standard InChI is InChI=1S/C23H18F4N2O2S/c1-14(21(30)29-20-8-3-2-7-19(20)23(25,26)27)32-18-6-4-5-17(13-18)28-22(31)15-9-11-16(24)12-10-15/h2-14H,1H3,(H,28,31)(H,29,30). The summed E-state index contributed by atoms with van der Waals surface area (Å²) in [7, 11) is 0. The highest BCUT2D eigenvalue weighted by molar-refractivity contribution is 8.00. The van der Waals surface area contributed by atoms with Gasteiger partial charge in [-0.1, -0.05) is 18.2 Å². The highest BCUT2D eigenvalue weighted by Crippen LogP contribution is 2.35. The van der Waals surface area contributed by atoms with Gasteiger partial charge >= 0.3 is 6.18 Å². The van der Waals surface area contributed by atoms with Crippen LogP contribution in [0.2, 0.25) is 0 Å². The summed E-state index contributed by atoms with van der Waals surface area (Å²) in [5, 5.41) is 4.31. The lowest BCUT2D eigenvalue weighted by Gasteiger charge is -2.16. The topological polar surface area (TPSA) is 58.2 Å². The number of benzene rings is 3. The van der Waals surface area contributed by atoms with Crippen molar-refractivity contribution in [3.8, 4) is 0 Å². The molecule has 0 fully saturated rings. The molecule has 0 bridgehead atoms. The zero-order chi connectivity index (χ0) is 23.3. The van der Waals surface area contributed by atoms with E-state index in [1.54, 1.807) is 31.2 Å². The van der Waals surface area contributed by atoms with E-state index in [2.05, 4.69) is 10.6 Å². The van der Waals surface area contributed by atoms with E-state index in [9.17, 15) is 27.2 Å². The molecule has 0 aliphatic rings. The van der Waals surface area contributed by atoms with E-state index >= 15 is 0 Å². The molecule has 0 saturated heterocycles. The molecule has 166 valence electrons. The number of alkyl halides is 3. The number of nitrogens with one attached hydrogen (secondary N) is 2. The molecule has 2 N–H and O–H groups in total. The van der Waals surface area contributed by atoms with Crippen molar-refractivity contribution in [3.05, 3.63) is 89.7 Å². The largest absolute Gasteiger partial charge is 0.418 e. The Kier molecular flexibility index (Phi) is 7.19. The van der Waals surface area contributed by atoms with Crippen molar-refractivity contribution in [2.45, 2.75) is 23.2 Å². The predicted molar refractivity (Wildman–Crippen MR) is 116 cm³/mol. The first kappa shape index (κ1) is 23.3. The first-order valence-electron chi connectivity index (χ1n) is 9.44. The van der Waals surface area contributed by atoms with Crippen molar-refractivity contribution in [2.24, 2.45) is 0 Å². The second-order valence-corrected chi connectivity index (χ2v) is 8.20. The molecule has 3 rings (SSSR count). The predicted octanol–water partition coefficient (Wildman–Crippen LogP) is 6.22. The normalized spacial score (nSPS) is 12.2. The molecule has 9 heteroatoms. The third-order valence-electron chi connectivity index (χ3n) is 4.37. The Bertz CT molecular complexity index is 1120. The van der Waals surface area contributed by atoms with Gasteiger partial charge in [-0.3, -0.25) is 9.59 Å². The first-order chi connectivity index (χ1) is 15.1. The number of halogens is 4. The van der Waals surface area contributed by atoms with Gasteiger partial charge in [0.15, 0.2) is 0 Å². The first-order valence-corrected chi connectivity index (χ1v) is 10.3. The number of hydrogen-bond acceptors (Lipinski definition) is 3. The van der Waals surface area contributed by atoms with E-state index in [0.717, 1.165) is 17.8 Å². The number of rotatable bonds is 6. The van der Waals surface area contributed by atoms with E-state index in [1.165, 1.54) is 42.5 Å². The summed E-state index contributed by atoms with van der Waals surface area (Å²) >= 11 is 1.13. The zero-order valence-corrected chi connectivity index (χ0v) is 17.6. The van der Waals surface area contributed by atoms with Crippen molar-refractivity contribution < 1.29 is 27.2 Å². The lowest BCUT2D eigenvalue weighted by atomic mass is 10.1. The molecule has 0 saturated carbocycles. The Morgan fingerprint density at radius 2 is 1.59 bits per heavy atom. The molecule has 0 heterocycles. The maximum Gasteiger partial charge on any atom is 0.418 e. The minimum atomic E-state index is -4.59. The quantitative estimate of drug-likeness (QED) is 0.338. The summed E-state index contributed by atoms with van der Waals surface area (Å²) < 4.78 is 52.4. The monoisotopic (exact) mass is 462 g/mol. The molecule has 1 unspecified atom stereocenters. The fourth-order valence-corrected chi connectivity index (χ4v) is 3.71. The highest BCUT2D eigenvalue weighted by Gasteiger charge is 2.33. The Hall–Kier alpha value is -3.33. The van der Waals surface area contributed by atoms with E-state index in [0.29, 0.717) is 10.6 Å². The molecule has 32 heavy (non-hydrogen) atoms. The van der Waals surface area contributed by atoms with E-state index in [1.807, 2.05) is 0 Å². The fraction of sp³-hybridized carbons (Fsp3) is 0.130. The average Bonchev–Trinajstić information content (AvgIpc) is 2.74. The van der Waals surface area contributed by atoms with Crippen molar-refractivity contribution in [1.82, 2.24) is 0 Å². The van der Waals surface area contributed by atoms with Crippen LogP contribution < -0.4 is 10.6 Å². The van der Waals surface area contributed by atoms with Gasteiger partial charge in [0.05, 0.1) is 16.5 Å². The summed E-state index contributed by atoms with van der Waals surface area (Å²) in [6, 6.07) is 16.5. The zero-order valence-electron chi connectivity index (χ0n) is 16.7. The van der Waals surface area contributed by atoms with Crippen molar-refractivity contribution in [2.75, 3.05) is 10.6 Å². The van der Waals surface area contributed by atoms with Crippen LogP contribution in [0.4, 0.5) is 28.9 Å². The Morgan fingerprint density at radius 3 is 2.28 bits per heavy atom. The molecule has 4 nitrogen and oxygen atoms in total. The van der Waals surface area contributed by atoms with Gasteiger partial charge in [-0.25, -0.2) is 4.39 Å². The number of thioether (sulfide) groups is 1. The molecule has 0 aliphatic heterocycles. The molecule has 3 aromatic carbocycles. The number of para-hydroxylation sites is 1. The molecule has 0 aliphatic carbocycles. The maximum absolute atomic E-state index is 13.1. The third kappa shape index (κ3) is 6.10. The summed E-state index contributed by atoms with van der Waals surface area (Å²) in [5.41, 5.74) is -0.492. The molecule has 0 aromatic heterocycles. The lowest BCUT2D eigenvalue weighted by Crippen LogP contribution is -2.24. The van der Waals surface area contributed by atoms with Gasteiger partial charge in [0.2, 0.25) is 5.91 Å². The van der Waals surface area contributed by atoms with Gasteiger partial charge in [0, 0.05) is 16.1 Å². The maximum atomic E-state index is 13.1. The summed E-state index contributed by atoms with van der Waals surface area (Å²) in [6.45, 7) is 1.57. The number of anilines is 2. The van der Waals surface area contributed by atoms with Gasteiger partial charge in [-0.2, -0.15) is 13.2 Å². The van der Waals surface area contributed by atoms with Crippen LogP contribution in [-0.2, 0) is 11.0 Å². The van der Waals surface area contributed by atoms with Crippen LogP contribution in [0, 0.1) is 5.82 Å². The Balaban J connectivity index is 1.65. The minimum Gasteiger partial charge on any atom is -0.325 e. The van der Waals surface area contributed by atoms with Crippen LogP contribution in [0.15, 0.2) is 77.7 Å². The van der Waals surface area contributed by atoms with Gasteiger partial charge in [-0.05, 0) is 61.5 Å². The van der Waals surface area contributed by atoms with Gasteiger partial charge in [0.25, 0.3) is 5.91 Å². The van der Waals surface area contributed by atoms with Crippen LogP contribution in [0.5, 0.6) is 0 Å². The van der Waals surface area contributed by atoms with Crippen LogP contribution in [0.3, 0.4) is 0 Å². The highest BCUT2D eigenvalue weighted by atomic mass is 32.2. The van der Waals surface area contributed by atoms with Gasteiger partial charge < -0.3 is 10.6 Å². The summed E-state index contributed by atoms with van der Waals surface area (Å²) in [5.74, 6) is -1.47. The van der Waals surface area contributed by atoms with Crippen molar-refractivity contribution in [1.29, 1.82) is 0 Å². The smallest absolute Gasteiger partial charge is 0.325 e. The molecule has 0 radical (unpaired) electrons. The second kappa shape index (κ2) is 9.86. The van der Waals surface area contributed by atoms with Gasteiger partial charge in [-0.15, -0.1) is 11.8 Å². The van der Waals surface area contributed by atoms with E-state index < -0.39 is 34.6 Å². The molecule has 1 atom stereocenters. The average molecular weight is 462 g/mol. The fourth-order valence-electron chi connectivity index (χ4n) is 2.78. The number of amides is 2. The molecule has 3 aromatic rings. The van der Waals surface area contributed by atoms with E-state index in [4.69, 9.17) is 0 Å². The number of hydrogen-bond donors (Lipinski definition) is 2. The number of carbonyl (C=O) groups is 2. The molecular formula is C23H18F4N2O2S. The van der Waals surface area contributed by atoms with Crippen LogP contribution in [0.1, 0.15) is 22.8 Å². The molecular weight excluding hydrogens is 444 g/mol. The van der Waals surface area contributed by atoms with Crippen molar-refractivity contribution >= 4 is 35.0 Å². The van der Waals surface area contributed by atoms with Crippen LogP contribution in [-0.4, -0.2) is 17.1 Å². The van der Waals surface area contributed by atoms with Crippen LogP contribution >= 0.6 is 11.8 Å². The SMILES string of the molecule is CC(Sc1cccc(NC(=O)c2ccc(F)cc2)c1)C(=O)Nc1ccccc1C(F)(F)F. The van der Waals surface area contributed by atoms with Gasteiger partial charge in [0.1, 0.15) is 5.82 Å². The van der Waals surface area contributed by atoms with Crippen LogP contribution in [0.25, 0.3) is 0 Å². The van der Waals surface area contributed by atoms with Crippen molar-refractivity contribution in [3.63, 3.8) is 0 Å². The van der Waals surface area contributed by atoms with E-state index in [-0.39, 0.29) is 11.3 Å². The Labute approximate surface area is 186 Å². The summed E-state index contributed by atoms with van der Waals surface area (Å²) in [4.78, 5) is 25.4. The summed E-state index contributed by atoms with van der Waals surface area (Å²) in [6.07, 6.45) is -4.59. The molecule has 0 spiro atoms. The lowest BCUT2D eigenvalue weighted by molar-refractivity contribution is -0.137. The molecule has 2 amide bonds.